The first-order valence-corrected chi connectivity index (χ1v) is 8.85. The summed E-state index contributed by atoms with van der Waals surface area (Å²) in [5.41, 5.74) is 2.81. The molecule has 0 aliphatic carbocycles. The molecule has 0 radical (unpaired) electrons. The van der Waals surface area contributed by atoms with Crippen molar-refractivity contribution >= 4 is 8.24 Å². The summed E-state index contributed by atoms with van der Waals surface area (Å²) in [4.78, 5) is 3.77. The van der Waals surface area contributed by atoms with E-state index in [9.17, 15) is 0 Å². The summed E-state index contributed by atoms with van der Waals surface area (Å²) < 4.78 is 0. The molecule has 2 heteroatoms. The highest BCUT2D eigenvalue weighted by Gasteiger charge is 2.26. The van der Waals surface area contributed by atoms with Crippen LogP contribution in [0.1, 0.15) is 34.6 Å². The van der Waals surface area contributed by atoms with Gasteiger partial charge in [0.05, 0.1) is 0 Å². The van der Waals surface area contributed by atoms with E-state index in [1.165, 1.54) is 11.6 Å². The topological polar surface area (TPSA) is 12.0 Å². The Hall–Kier alpha value is -0.343. The molecule has 0 unspecified atom stereocenters. The zero-order valence-corrected chi connectivity index (χ0v) is 12.5. The van der Waals surface area contributed by atoms with Crippen molar-refractivity contribution in [2.75, 3.05) is 0 Å². The molecule has 0 spiro atoms. The van der Waals surface area contributed by atoms with Crippen LogP contribution >= 0.6 is 0 Å². The molecule has 0 aromatic rings. The van der Waals surface area contributed by atoms with Crippen molar-refractivity contribution < 1.29 is 0 Å². The van der Waals surface area contributed by atoms with E-state index >= 15 is 0 Å². The Bertz CT molecular complexity index is 256. The summed E-state index contributed by atoms with van der Waals surface area (Å²) in [5, 5.41) is 0. The third-order valence-corrected chi connectivity index (χ3v) is 4.80. The first-order chi connectivity index (χ1) is 6.52. The average Bonchev–Trinajstić information content (AvgIpc) is 1.73. The van der Waals surface area contributed by atoms with E-state index in [0.717, 1.165) is 5.57 Å². The number of hydrogen-bond donors (Lipinski definition) is 1. The van der Waals surface area contributed by atoms with E-state index < -0.39 is 8.24 Å². The Balaban J connectivity index is 4.44. The molecule has 0 fully saturated rings. The fourth-order valence-electron chi connectivity index (χ4n) is 2.23. The monoisotopic (exact) mass is 225 g/mol. The lowest BCUT2D eigenvalue weighted by molar-refractivity contribution is 0.512. The van der Waals surface area contributed by atoms with Crippen LogP contribution in [0, 0.1) is 0 Å². The molecule has 88 valence electrons. The first-order valence-electron chi connectivity index (χ1n) is 5.64. The molecule has 0 aromatic carbocycles. The van der Waals surface area contributed by atoms with Gasteiger partial charge in [0.15, 0.2) is 0 Å². The number of rotatable bonds is 4. The molecule has 0 saturated heterocycles. The average molecular weight is 225 g/mol. The maximum atomic E-state index is 3.92. The van der Waals surface area contributed by atoms with Gasteiger partial charge in [-0.25, -0.2) is 0 Å². The molecule has 0 aromatic heterocycles. The second-order valence-electron chi connectivity index (χ2n) is 6.27. The Morgan fingerprint density at radius 2 is 1.73 bits per heavy atom. The minimum atomic E-state index is -1.33. The summed E-state index contributed by atoms with van der Waals surface area (Å²) in [6, 6.07) is 1.19. The highest BCUT2D eigenvalue weighted by Crippen LogP contribution is 2.18. The van der Waals surface area contributed by atoms with Gasteiger partial charge in [-0.2, -0.15) is 0 Å². The van der Waals surface area contributed by atoms with E-state index in [1.807, 2.05) is 0 Å². The molecule has 1 nitrogen and oxygen atoms in total. The molecular weight excluding hydrogens is 198 g/mol. The zero-order chi connectivity index (χ0) is 12.3. The second kappa shape index (κ2) is 5.13. The Kier molecular flexibility index (Phi) is 5.01. The smallest absolute Gasteiger partial charge is 0.123 e. The third kappa shape index (κ3) is 8.64. The van der Waals surface area contributed by atoms with Gasteiger partial charge >= 0.3 is 0 Å². The summed E-state index contributed by atoms with van der Waals surface area (Å²) in [6.07, 6.45) is 2.19. The predicted octanol–water partition coefficient (Wildman–Crippen LogP) is 4.10. The predicted molar refractivity (Wildman–Crippen MR) is 73.7 cm³/mol. The van der Waals surface area contributed by atoms with E-state index in [1.54, 1.807) is 0 Å². The molecule has 1 N–H and O–H groups in total. The second-order valence-corrected chi connectivity index (χ2v) is 10.6. The summed E-state index contributed by atoms with van der Waals surface area (Å²) in [7, 11) is -1.33. The highest BCUT2D eigenvalue weighted by molar-refractivity contribution is 6.75. The Morgan fingerprint density at radius 3 is 2.07 bits per heavy atom. The van der Waals surface area contributed by atoms with Gasteiger partial charge in [0.2, 0.25) is 0 Å². The SMILES string of the molecule is C=C(C)C=C(C)C[Si](C)(C)NC(C)(C)C. The fourth-order valence-corrected chi connectivity index (χ4v) is 5.84. The van der Waals surface area contributed by atoms with Crippen LogP contribution < -0.4 is 4.98 Å². The van der Waals surface area contributed by atoms with Gasteiger partial charge < -0.3 is 4.98 Å². The quantitative estimate of drug-likeness (QED) is 0.561. The third-order valence-electron chi connectivity index (χ3n) is 1.93. The number of nitrogens with one attached hydrogen (secondary N) is 1. The summed E-state index contributed by atoms with van der Waals surface area (Å²) >= 11 is 0. The lowest BCUT2D eigenvalue weighted by Crippen LogP contribution is -2.54. The van der Waals surface area contributed by atoms with Crippen molar-refractivity contribution in [1.29, 1.82) is 0 Å². The van der Waals surface area contributed by atoms with Crippen LogP contribution in [0.15, 0.2) is 23.8 Å². The minimum Gasteiger partial charge on any atom is -0.332 e. The Labute approximate surface area is 96.8 Å². The van der Waals surface area contributed by atoms with Crippen LogP contribution in [-0.2, 0) is 0 Å². The van der Waals surface area contributed by atoms with Gasteiger partial charge in [-0.3, -0.25) is 0 Å². The molecule has 0 atom stereocenters. The van der Waals surface area contributed by atoms with Crippen molar-refractivity contribution in [3.8, 4) is 0 Å². The standard InChI is InChI=1S/C13H27NSi/c1-11(2)9-12(3)10-15(7,8)14-13(4,5)6/h9,14H,1,10H2,2-8H3. The van der Waals surface area contributed by atoms with Gasteiger partial charge in [-0.05, 0) is 40.7 Å². The van der Waals surface area contributed by atoms with Gasteiger partial charge in [0.25, 0.3) is 0 Å². The summed E-state index contributed by atoms with van der Waals surface area (Å²) in [6.45, 7) is 19.6. The maximum Gasteiger partial charge on any atom is 0.123 e. The molecule has 0 aliphatic rings. The molecule has 0 amide bonds. The van der Waals surface area contributed by atoms with Crippen molar-refractivity contribution in [3.63, 3.8) is 0 Å². The molecule has 0 saturated carbocycles. The molecular formula is C13H27NSi. The number of allylic oxidation sites excluding steroid dienone is 3. The molecule has 15 heavy (non-hydrogen) atoms. The molecule has 0 bridgehead atoms. The van der Waals surface area contributed by atoms with Crippen molar-refractivity contribution in [3.05, 3.63) is 23.8 Å². The van der Waals surface area contributed by atoms with Crippen molar-refractivity contribution in [2.45, 2.75) is 59.3 Å². The van der Waals surface area contributed by atoms with E-state index in [0.29, 0.717) is 0 Å². The highest BCUT2D eigenvalue weighted by atomic mass is 28.3. The fraction of sp³-hybridized carbons (Fsp3) is 0.692. The lowest BCUT2D eigenvalue weighted by Gasteiger charge is -2.33. The van der Waals surface area contributed by atoms with Gasteiger partial charge in [-0.15, -0.1) is 0 Å². The van der Waals surface area contributed by atoms with Gasteiger partial charge in [0, 0.05) is 5.54 Å². The van der Waals surface area contributed by atoms with Crippen LogP contribution in [0.4, 0.5) is 0 Å². The van der Waals surface area contributed by atoms with Crippen molar-refractivity contribution in [1.82, 2.24) is 4.98 Å². The number of hydrogen-bond acceptors (Lipinski definition) is 1. The minimum absolute atomic E-state index is 0.221. The van der Waals surface area contributed by atoms with E-state index in [-0.39, 0.29) is 5.54 Å². The van der Waals surface area contributed by atoms with Crippen LogP contribution in [0.2, 0.25) is 19.1 Å². The van der Waals surface area contributed by atoms with Crippen LogP contribution in [0.3, 0.4) is 0 Å². The van der Waals surface area contributed by atoms with E-state index in [2.05, 4.69) is 65.4 Å². The largest absolute Gasteiger partial charge is 0.332 e. The Morgan fingerprint density at radius 1 is 1.27 bits per heavy atom. The lowest BCUT2D eigenvalue weighted by atomic mass is 10.1. The zero-order valence-electron chi connectivity index (χ0n) is 11.5. The molecule has 0 aliphatic heterocycles. The van der Waals surface area contributed by atoms with Gasteiger partial charge in [0.1, 0.15) is 8.24 Å². The van der Waals surface area contributed by atoms with Crippen molar-refractivity contribution in [2.24, 2.45) is 0 Å². The molecule has 0 rings (SSSR count). The van der Waals surface area contributed by atoms with E-state index in [4.69, 9.17) is 0 Å². The van der Waals surface area contributed by atoms with Crippen LogP contribution in [-0.4, -0.2) is 13.8 Å². The first kappa shape index (κ1) is 14.7. The molecule has 0 heterocycles. The normalized spacial score (nSPS) is 14.2. The van der Waals surface area contributed by atoms with Crippen LogP contribution in [0.5, 0.6) is 0 Å². The van der Waals surface area contributed by atoms with Gasteiger partial charge in [-0.1, -0.05) is 36.9 Å². The maximum absolute atomic E-state index is 3.92. The summed E-state index contributed by atoms with van der Waals surface area (Å²) in [5.74, 6) is 0. The van der Waals surface area contributed by atoms with Crippen LogP contribution in [0.25, 0.3) is 0 Å².